The lowest BCUT2D eigenvalue weighted by molar-refractivity contribution is 0.298. The number of hydrogen-bond donors (Lipinski definition) is 1. The zero-order valence-electron chi connectivity index (χ0n) is 10.9. The van der Waals surface area contributed by atoms with Crippen molar-refractivity contribution in [2.45, 2.75) is 26.8 Å². The Bertz CT molecular complexity index is 520. The molecule has 0 amide bonds. The topological polar surface area (TPSA) is 53.1 Å². The van der Waals surface area contributed by atoms with E-state index < -0.39 is 0 Å². The molecule has 0 spiro atoms. The Labute approximate surface area is 107 Å². The normalized spacial score (nSPS) is 10.6. The molecule has 96 valence electrons. The average Bonchev–Trinajstić information content (AvgIpc) is 2.64. The van der Waals surface area contributed by atoms with E-state index >= 15 is 0 Å². The van der Waals surface area contributed by atoms with Gasteiger partial charge in [-0.15, -0.1) is 0 Å². The zero-order chi connectivity index (χ0) is 13.0. The van der Waals surface area contributed by atoms with Gasteiger partial charge < -0.3 is 10.5 Å². The van der Waals surface area contributed by atoms with E-state index in [-0.39, 0.29) is 0 Å². The van der Waals surface area contributed by atoms with Crippen molar-refractivity contribution in [1.82, 2.24) is 9.78 Å². The first-order valence-electron chi connectivity index (χ1n) is 6.14. The smallest absolute Gasteiger partial charge is 0.145 e. The van der Waals surface area contributed by atoms with Gasteiger partial charge in [0.1, 0.15) is 11.6 Å². The molecule has 4 nitrogen and oxygen atoms in total. The number of hydrogen-bond acceptors (Lipinski definition) is 3. The van der Waals surface area contributed by atoms with Crippen LogP contribution < -0.4 is 10.5 Å². The second kappa shape index (κ2) is 5.58. The number of anilines is 1. The summed E-state index contributed by atoms with van der Waals surface area (Å²) in [6.45, 7) is 5.57. The van der Waals surface area contributed by atoms with E-state index in [1.54, 1.807) is 0 Å². The number of rotatable bonds is 5. The summed E-state index contributed by atoms with van der Waals surface area (Å²) in [5.41, 5.74) is 7.93. The van der Waals surface area contributed by atoms with Crippen LogP contribution in [0.3, 0.4) is 0 Å². The predicted molar refractivity (Wildman–Crippen MR) is 72.7 cm³/mol. The summed E-state index contributed by atoms with van der Waals surface area (Å²) in [5.74, 6) is 1.50. The van der Waals surface area contributed by atoms with E-state index in [1.807, 2.05) is 35.9 Å². The van der Waals surface area contributed by atoms with Gasteiger partial charge in [-0.3, -0.25) is 4.68 Å². The highest BCUT2D eigenvalue weighted by Crippen LogP contribution is 2.12. The fourth-order valence-electron chi connectivity index (χ4n) is 1.87. The molecule has 0 saturated carbocycles. The zero-order valence-corrected chi connectivity index (χ0v) is 10.9. The van der Waals surface area contributed by atoms with E-state index in [0.717, 1.165) is 24.4 Å². The maximum atomic E-state index is 5.68. The van der Waals surface area contributed by atoms with Gasteiger partial charge in [-0.05, 0) is 31.5 Å². The lowest BCUT2D eigenvalue weighted by Crippen LogP contribution is -2.07. The highest BCUT2D eigenvalue weighted by atomic mass is 16.5. The first-order chi connectivity index (χ1) is 8.65. The van der Waals surface area contributed by atoms with E-state index in [9.17, 15) is 0 Å². The standard InChI is InChI=1S/C14H19N3O/c1-11-5-3-6-13(9-11)18-8-4-7-17-12(2)10-14(15)16-17/h3,5-6,9-10H,4,7-8H2,1-2H3,(H2,15,16). The average molecular weight is 245 g/mol. The fourth-order valence-corrected chi connectivity index (χ4v) is 1.87. The van der Waals surface area contributed by atoms with Gasteiger partial charge in [-0.25, -0.2) is 0 Å². The Hall–Kier alpha value is -1.97. The first kappa shape index (κ1) is 12.5. The molecular weight excluding hydrogens is 226 g/mol. The van der Waals surface area contributed by atoms with Crippen LogP contribution in [0.4, 0.5) is 5.82 Å². The molecule has 0 bridgehead atoms. The van der Waals surface area contributed by atoms with Crippen LogP contribution in [0.2, 0.25) is 0 Å². The van der Waals surface area contributed by atoms with Crippen molar-refractivity contribution in [3.63, 3.8) is 0 Å². The molecule has 0 unspecified atom stereocenters. The Balaban J connectivity index is 1.78. The number of benzene rings is 1. The molecule has 2 N–H and O–H groups in total. The predicted octanol–water partition coefficient (Wildman–Crippen LogP) is 2.55. The summed E-state index contributed by atoms with van der Waals surface area (Å²) in [6, 6.07) is 9.95. The number of nitrogens with zero attached hydrogens (tertiary/aromatic N) is 2. The Morgan fingerprint density at radius 2 is 2.11 bits per heavy atom. The van der Waals surface area contributed by atoms with Crippen LogP contribution in [0.25, 0.3) is 0 Å². The molecule has 0 aliphatic heterocycles. The molecule has 1 aromatic heterocycles. The van der Waals surface area contributed by atoms with Crippen LogP contribution in [0.5, 0.6) is 5.75 Å². The molecule has 0 fully saturated rings. The minimum atomic E-state index is 0.576. The van der Waals surface area contributed by atoms with Crippen molar-refractivity contribution in [3.05, 3.63) is 41.6 Å². The van der Waals surface area contributed by atoms with Gasteiger partial charge in [0, 0.05) is 24.7 Å². The molecule has 0 aliphatic carbocycles. The van der Waals surface area contributed by atoms with E-state index in [4.69, 9.17) is 10.5 Å². The molecule has 4 heteroatoms. The summed E-state index contributed by atoms with van der Waals surface area (Å²) >= 11 is 0. The SMILES string of the molecule is Cc1cccc(OCCCn2nc(N)cc2C)c1. The van der Waals surface area contributed by atoms with Gasteiger partial charge in [0.05, 0.1) is 6.61 Å². The summed E-state index contributed by atoms with van der Waals surface area (Å²) in [5, 5.41) is 4.21. The Kier molecular flexibility index (Phi) is 3.87. The van der Waals surface area contributed by atoms with Crippen molar-refractivity contribution in [2.75, 3.05) is 12.3 Å². The molecule has 18 heavy (non-hydrogen) atoms. The van der Waals surface area contributed by atoms with Crippen LogP contribution in [0, 0.1) is 13.8 Å². The van der Waals surface area contributed by atoms with Crippen LogP contribution in [0.1, 0.15) is 17.7 Å². The second-order valence-electron chi connectivity index (χ2n) is 4.45. The van der Waals surface area contributed by atoms with Crippen molar-refractivity contribution in [2.24, 2.45) is 0 Å². The van der Waals surface area contributed by atoms with Crippen LogP contribution in [-0.2, 0) is 6.54 Å². The third-order valence-electron chi connectivity index (χ3n) is 2.77. The third-order valence-corrected chi connectivity index (χ3v) is 2.77. The van der Waals surface area contributed by atoms with Crippen LogP contribution in [0.15, 0.2) is 30.3 Å². The number of aromatic nitrogens is 2. The van der Waals surface area contributed by atoms with Crippen molar-refractivity contribution >= 4 is 5.82 Å². The van der Waals surface area contributed by atoms with Crippen molar-refractivity contribution in [1.29, 1.82) is 0 Å². The molecule has 0 atom stereocenters. The summed E-state index contributed by atoms with van der Waals surface area (Å²) in [7, 11) is 0. The quantitative estimate of drug-likeness (QED) is 0.824. The van der Waals surface area contributed by atoms with Gasteiger partial charge >= 0.3 is 0 Å². The fraction of sp³-hybridized carbons (Fsp3) is 0.357. The summed E-state index contributed by atoms with van der Waals surface area (Å²) < 4.78 is 7.59. The highest BCUT2D eigenvalue weighted by Gasteiger charge is 2.01. The van der Waals surface area contributed by atoms with Crippen LogP contribution >= 0.6 is 0 Å². The number of nitrogens with two attached hydrogens (primary N) is 1. The maximum Gasteiger partial charge on any atom is 0.145 e. The Morgan fingerprint density at radius 3 is 2.78 bits per heavy atom. The largest absolute Gasteiger partial charge is 0.494 e. The molecule has 1 aromatic carbocycles. The molecule has 0 aliphatic rings. The van der Waals surface area contributed by atoms with Gasteiger partial charge in [-0.2, -0.15) is 5.10 Å². The number of nitrogen functional groups attached to an aromatic ring is 1. The first-order valence-corrected chi connectivity index (χ1v) is 6.14. The van der Waals surface area contributed by atoms with Gasteiger partial charge in [0.15, 0.2) is 0 Å². The minimum Gasteiger partial charge on any atom is -0.494 e. The molecular formula is C14H19N3O. The highest BCUT2D eigenvalue weighted by molar-refractivity contribution is 5.28. The van der Waals surface area contributed by atoms with Crippen molar-refractivity contribution in [3.8, 4) is 5.75 Å². The maximum absolute atomic E-state index is 5.68. The van der Waals surface area contributed by atoms with Gasteiger partial charge in [0.25, 0.3) is 0 Å². The summed E-state index contributed by atoms with van der Waals surface area (Å²) in [6.07, 6.45) is 0.913. The minimum absolute atomic E-state index is 0.576. The molecule has 2 rings (SSSR count). The monoisotopic (exact) mass is 245 g/mol. The van der Waals surface area contributed by atoms with E-state index in [2.05, 4.69) is 18.1 Å². The van der Waals surface area contributed by atoms with Crippen molar-refractivity contribution < 1.29 is 4.74 Å². The number of aryl methyl sites for hydroxylation is 3. The van der Waals surface area contributed by atoms with Gasteiger partial charge in [-0.1, -0.05) is 12.1 Å². The molecule has 0 radical (unpaired) electrons. The lowest BCUT2D eigenvalue weighted by atomic mass is 10.2. The van der Waals surface area contributed by atoms with Gasteiger partial charge in [0.2, 0.25) is 0 Å². The number of ether oxygens (including phenoxy) is 1. The van der Waals surface area contributed by atoms with E-state index in [1.165, 1.54) is 5.56 Å². The molecule has 2 aromatic rings. The lowest BCUT2D eigenvalue weighted by Gasteiger charge is -2.07. The third kappa shape index (κ3) is 3.26. The summed E-state index contributed by atoms with van der Waals surface area (Å²) in [4.78, 5) is 0. The second-order valence-corrected chi connectivity index (χ2v) is 4.45. The Morgan fingerprint density at radius 1 is 1.28 bits per heavy atom. The van der Waals surface area contributed by atoms with E-state index in [0.29, 0.717) is 12.4 Å². The molecule has 1 heterocycles. The van der Waals surface area contributed by atoms with Crippen LogP contribution in [-0.4, -0.2) is 16.4 Å². The molecule has 0 saturated heterocycles.